The van der Waals surface area contributed by atoms with Crippen molar-refractivity contribution in [3.63, 3.8) is 0 Å². The molecule has 27 heavy (non-hydrogen) atoms. The maximum Gasteiger partial charge on any atom is 0.255 e. The van der Waals surface area contributed by atoms with E-state index in [1.165, 1.54) is 18.5 Å². The first kappa shape index (κ1) is 18.1. The molecule has 144 valence electrons. The number of hydrogen-bond donors (Lipinski definition) is 1. The second-order valence-electron chi connectivity index (χ2n) is 8.49. The summed E-state index contributed by atoms with van der Waals surface area (Å²) in [6.07, 6.45) is 3.84. The molecule has 0 aromatic heterocycles. The number of allylic oxidation sites excluding steroid dienone is 1. The van der Waals surface area contributed by atoms with Gasteiger partial charge >= 0.3 is 0 Å². The fourth-order valence-corrected chi connectivity index (χ4v) is 4.66. The van der Waals surface area contributed by atoms with Gasteiger partial charge in [0, 0.05) is 36.6 Å². The van der Waals surface area contributed by atoms with Crippen LogP contribution in [0.4, 0.5) is 5.69 Å². The summed E-state index contributed by atoms with van der Waals surface area (Å²) in [5.74, 6) is 1.43. The van der Waals surface area contributed by atoms with Crippen molar-refractivity contribution in [3.8, 4) is 0 Å². The van der Waals surface area contributed by atoms with E-state index in [9.17, 15) is 9.59 Å². The molecule has 2 amide bonds. The van der Waals surface area contributed by atoms with Gasteiger partial charge in [0.15, 0.2) is 0 Å². The number of rotatable bonds is 3. The SMILES string of the molecule is C=C1CCC(N2Cc3cc(N4CCC(C(C)C)CC4)ccc3C2=O)C(=O)N1. The van der Waals surface area contributed by atoms with E-state index in [4.69, 9.17) is 0 Å². The van der Waals surface area contributed by atoms with E-state index in [-0.39, 0.29) is 17.9 Å². The maximum absolute atomic E-state index is 12.8. The van der Waals surface area contributed by atoms with Crippen molar-refractivity contribution in [2.45, 2.75) is 52.1 Å². The van der Waals surface area contributed by atoms with Crippen molar-refractivity contribution in [1.82, 2.24) is 10.2 Å². The Morgan fingerprint density at radius 2 is 1.89 bits per heavy atom. The number of hydrogen-bond acceptors (Lipinski definition) is 3. The smallest absolute Gasteiger partial charge is 0.255 e. The summed E-state index contributed by atoms with van der Waals surface area (Å²) in [4.78, 5) is 29.3. The van der Waals surface area contributed by atoms with Crippen LogP contribution in [-0.2, 0) is 11.3 Å². The molecule has 4 rings (SSSR count). The number of nitrogens with zero attached hydrogens (tertiary/aromatic N) is 2. The third-order valence-electron chi connectivity index (χ3n) is 6.47. The number of amides is 2. The Kier molecular flexibility index (Phi) is 4.70. The van der Waals surface area contributed by atoms with E-state index in [1.807, 2.05) is 6.07 Å². The van der Waals surface area contributed by atoms with E-state index in [1.54, 1.807) is 4.90 Å². The van der Waals surface area contributed by atoms with Gasteiger partial charge in [-0.15, -0.1) is 0 Å². The minimum Gasteiger partial charge on any atom is -0.372 e. The van der Waals surface area contributed by atoms with Gasteiger partial charge in [-0.2, -0.15) is 0 Å². The normalized spacial score (nSPS) is 23.8. The molecule has 3 aliphatic rings. The monoisotopic (exact) mass is 367 g/mol. The van der Waals surface area contributed by atoms with Gasteiger partial charge < -0.3 is 15.1 Å². The Morgan fingerprint density at radius 1 is 1.15 bits per heavy atom. The Hall–Kier alpha value is -2.30. The van der Waals surface area contributed by atoms with Gasteiger partial charge in [0.05, 0.1) is 0 Å². The zero-order valence-electron chi connectivity index (χ0n) is 16.3. The fraction of sp³-hybridized carbons (Fsp3) is 0.545. The van der Waals surface area contributed by atoms with E-state index in [0.717, 1.165) is 48.2 Å². The number of piperidine rings is 2. The van der Waals surface area contributed by atoms with Crippen LogP contribution >= 0.6 is 0 Å². The molecule has 1 aromatic carbocycles. The molecule has 0 saturated carbocycles. The van der Waals surface area contributed by atoms with Crippen molar-refractivity contribution in [2.75, 3.05) is 18.0 Å². The molecule has 0 aliphatic carbocycles. The zero-order valence-corrected chi connectivity index (χ0v) is 16.3. The lowest BCUT2D eigenvalue weighted by Crippen LogP contribution is -2.49. The quantitative estimate of drug-likeness (QED) is 0.892. The van der Waals surface area contributed by atoms with Crippen LogP contribution in [0.3, 0.4) is 0 Å². The number of benzene rings is 1. The van der Waals surface area contributed by atoms with Crippen LogP contribution < -0.4 is 10.2 Å². The van der Waals surface area contributed by atoms with E-state index < -0.39 is 0 Å². The third kappa shape index (κ3) is 3.35. The Balaban J connectivity index is 1.48. The second-order valence-corrected chi connectivity index (χ2v) is 8.49. The van der Waals surface area contributed by atoms with Crippen molar-refractivity contribution in [2.24, 2.45) is 11.8 Å². The lowest BCUT2D eigenvalue weighted by Gasteiger charge is -2.35. The number of fused-ring (bicyclic) bond motifs is 1. The standard InChI is InChI=1S/C22H29N3O2/c1-14(2)16-8-10-24(11-9-16)18-5-6-19-17(12-18)13-25(22(19)27)20-7-4-15(3)23-21(20)26/h5-6,12,14,16,20H,3-4,7-11,13H2,1-2H3,(H,23,26). The molecule has 3 heterocycles. The van der Waals surface area contributed by atoms with Gasteiger partial charge in [0.1, 0.15) is 6.04 Å². The summed E-state index contributed by atoms with van der Waals surface area (Å²) in [5.41, 5.74) is 3.73. The van der Waals surface area contributed by atoms with Crippen LogP contribution in [0.1, 0.15) is 55.5 Å². The maximum atomic E-state index is 12.8. The Morgan fingerprint density at radius 3 is 2.56 bits per heavy atom. The molecule has 2 fully saturated rings. The highest BCUT2D eigenvalue weighted by Crippen LogP contribution is 2.33. The first-order valence-corrected chi connectivity index (χ1v) is 10.1. The highest BCUT2D eigenvalue weighted by Gasteiger charge is 2.38. The molecule has 3 aliphatic heterocycles. The predicted octanol–water partition coefficient (Wildman–Crippen LogP) is 3.31. The topological polar surface area (TPSA) is 52.7 Å². The zero-order chi connectivity index (χ0) is 19.1. The first-order chi connectivity index (χ1) is 12.9. The lowest BCUT2D eigenvalue weighted by atomic mass is 9.86. The molecule has 2 saturated heterocycles. The van der Waals surface area contributed by atoms with Crippen LogP contribution in [0.5, 0.6) is 0 Å². The van der Waals surface area contributed by atoms with Gasteiger partial charge in [-0.3, -0.25) is 9.59 Å². The Labute approximate surface area is 161 Å². The number of nitrogens with one attached hydrogen (secondary N) is 1. The highest BCUT2D eigenvalue weighted by atomic mass is 16.2. The molecule has 1 aromatic rings. The number of carbonyl (C=O) groups excluding carboxylic acids is 2. The van der Waals surface area contributed by atoms with E-state index in [2.05, 4.69) is 42.8 Å². The van der Waals surface area contributed by atoms with Gasteiger partial charge in [0.25, 0.3) is 5.91 Å². The summed E-state index contributed by atoms with van der Waals surface area (Å²) < 4.78 is 0. The summed E-state index contributed by atoms with van der Waals surface area (Å²) in [6.45, 7) is 11.1. The molecule has 0 spiro atoms. The van der Waals surface area contributed by atoms with Crippen LogP contribution in [-0.4, -0.2) is 35.8 Å². The molecule has 5 nitrogen and oxygen atoms in total. The van der Waals surface area contributed by atoms with E-state index >= 15 is 0 Å². The van der Waals surface area contributed by atoms with Gasteiger partial charge in [-0.1, -0.05) is 20.4 Å². The van der Waals surface area contributed by atoms with E-state index in [0.29, 0.717) is 13.0 Å². The highest BCUT2D eigenvalue weighted by molar-refractivity contribution is 6.01. The van der Waals surface area contributed by atoms with Crippen LogP contribution in [0, 0.1) is 11.8 Å². The van der Waals surface area contributed by atoms with Gasteiger partial charge in [-0.25, -0.2) is 0 Å². The third-order valence-corrected chi connectivity index (χ3v) is 6.47. The van der Waals surface area contributed by atoms with Crippen molar-refractivity contribution < 1.29 is 9.59 Å². The molecule has 1 N–H and O–H groups in total. The van der Waals surface area contributed by atoms with Crippen molar-refractivity contribution in [3.05, 3.63) is 41.6 Å². The average Bonchev–Trinajstić information content (AvgIpc) is 2.98. The predicted molar refractivity (Wildman–Crippen MR) is 106 cm³/mol. The molecule has 1 unspecified atom stereocenters. The Bertz CT molecular complexity index is 778. The van der Waals surface area contributed by atoms with Crippen LogP contribution in [0.15, 0.2) is 30.5 Å². The first-order valence-electron chi connectivity index (χ1n) is 10.1. The summed E-state index contributed by atoms with van der Waals surface area (Å²) in [6, 6.07) is 5.78. The summed E-state index contributed by atoms with van der Waals surface area (Å²) in [5, 5.41) is 2.79. The molecule has 0 bridgehead atoms. The minimum atomic E-state index is -0.388. The molecular formula is C22H29N3O2. The van der Waals surface area contributed by atoms with Crippen molar-refractivity contribution >= 4 is 17.5 Å². The minimum absolute atomic E-state index is 0.0253. The van der Waals surface area contributed by atoms with Crippen LogP contribution in [0.25, 0.3) is 0 Å². The summed E-state index contributed by atoms with van der Waals surface area (Å²) >= 11 is 0. The van der Waals surface area contributed by atoms with Gasteiger partial charge in [-0.05, 0) is 61.3 Å². The molecule has 1 atom stereocenters. The molecular weight excluding hydrogens is 338 g/mol. The largest absolute Gasteiger partial charge is 0.372 e. The van der Waals surface area contributed by atoms with Crippen LogP contribution in [0.2, 0.25) is 0 Å². The lowest BCUT2D eigenvalue weighted by molar-refractivity contribution is -0.126. The van der Waals surface area contributed by atoms with Gasteiger partial charge in [0.2, 0.25) is 5.91 Å². The average molecular weight is 367 g/mol. The fourth-order valence-electron chi connectivity index (χ4n) is 4.66. The number of carbonyl (C=O) groups is 2. The number of anilines is 1. The second kappa shape index (κ2) is 7.02. The molecule has 0 radical (unpaired) electrons. The molecule has 5 heteroatoms. The summed E-state index contributed by atoms with van der Waals surface area (Å²) in [7, 11) is 0. The van der Waals surface area contributed by atoms with Crippen molar-refractivity contribution in [1.29, 1.82) is 0 Å².